The predicted octanol–water partition coefficient (Wildman–Crippen LogP) is 4.73. The third-order valence-electron chi connectivity index (χ3n) is 4.38. The quantitative estimate of drug-likeness (QED) is 0.753. The fraction of sp³-hybridized carbons (Fsp3) is 0.238. The molecule has 1 N–H and O–H groups in total. The molecule has 0 unspecified atom stereocenters. The van der Waals surface area contributed by atoms with Gasteiger partial charge in [0, 0.05) is 17.1 Å². The average molecular weight is 334 g/mol. The fourth-order valence-electron chi connectivity index (χ4n) is 3.16. The number of carbonyl (C=O) groups excluding carboxylic acids is 1. The summed E-state index contributed by atoms with van der Waals surface area (Å²) in [5.41, 5.74) is 6.26. The molecule has 0 saturated heterocycles. The molecule has 0 aliphatic heterocycles. The van der Waals surface area contributed by atoms with Gasteiger partial charge in [-0.3, -0.25) is 9.78 Å². The van der Waals surface area contributed by atoms with Crippen molar-refractivity contribution >= 4 is 22.5 Å². The van der Waals surface area contributed by atoms with Gasteiger partial charge in [-0.2, -0.15) is 0 Å². The highest BCUT2D eigenvalue weighted by Gasteiger charge is 2.14. The Bertz CT molecular complexity index is 954. The Labute approximate surface area is 147 Å². The van der Waals surface area contributed by atoms with Crippen LogP contribution in [0, 0.1) is 27.7 Å². The van der Waals surface area contributed by atoms with E-state index in [4.69, 9.17) is 4.74 Å². The molecule has 0 radical (unpaired) electrons. The van der Waals surface area contributed by atoms with Crippen LogP contribution in [-0.2, 0) is 0 Å². The first-order chi connectivity index (χ1) is 11.9. The summed E-state index contributed by atoms with van der Waals surface area (Å²) in [7, 11) is 1.63. The van der Waals surface area contributed by atoms with E-state index in [9.17, 15) is 4.79 Å². The molecule has 128 valence electrons. The van der Waals surface area contributed by atoms with Crippen molar-refractivity contribution in [1.82, 2.24) is 4.98 Å². The Morgan fingerprint density at radius 2 is 1.68 bits per heavy atom. The lowest BCUT2D eigenvalue weighted by atomic mass is 10.0. The normalized spacial score (nSPS) is 10.8. The van der Waals surface area contributed by atoms with E-state index in [1.165, 1.54) is 5.56 Å². The predicted molar refractivity (Wildman–Crippen MR) is 102 cm³/mol. The van der Waals surface area contributed by atoms with Crippen LogP contribution in [0.15, 0.2) is 36.4 Å². The van der Waals surface area contributed by atoms with Crippen LogP contribution in [0.2, 0.25) is 0 Å². The minimum absolute atomic E-state index is 0.141. The van der Waals surface area contributed by atoms with E-state index in [0.717, 1.165) is 33.5 Å². The van der Waals surface area contributed by atoms with Gasteiger partial charge >= 0.3 is 0 Å². The maximum Gasteiger partial charge on any atom is 0.257 e. The minimum Gasteiger partial charge on any atom is -0.497 e. The number of carbonyl (C=O) groups is 1. The Morgan fingerprint density at radius 1 is 1.00 bits per heavy atom. The number of ether oxygens (including phenoxy) is 1. The molecule has 0 bridgehead atoms. The van der Waals surface area contributed by atoms with Crippen LogP contribution < -0.4 is 10.1 Å². The van der Waals surface area contributed by atoms with Gasteiger partial charge in [0.15, 0.2) is 0 Å². The van der Waals surface area contributed by atoms with E-state index in [2.05, 4.69) is 29.4 Å². The summed E-state index contributed by atoms with van der Waals surface area (Å²) in [6.45, 7) is 7.92. The van der Waals surface area contributed by atoms with E-state index in [-0.39, 0.29) is 5.91 Å². The molecule has 2 aromatic carbocycles. The van der Waals surface area contributed by atoms with Gasteiger partial charge in [0.25, 0.3) is 5.91 Å². The number of fused-ring (bicyclic) bond motifs is 1. The SMILES string of the molecule is COc1ccc2cc(C(=O)Nc3c(C)cc(C)cc3C)c(C)nc2c1. The number of nitrogens with one attached hydrogen (secondary N) is 1. The molecule has 0 spiro atoms. The van der Waals surface area contributed by atoms with Gasteiger partial charge in [0.05, 0.1) is 23.9 Å². The first-order valence-electron chi connectivity index (χ1n) is 8.23. The summed E-state index contributed by atoms with van der Waals surface area (Å²) in [4.78, 5) is 17.4. The number of amides is 1. The van der Waals surface area contributed by atoms with E-state index >= 15 is 0 Å². The largest absolute Gasteiger partial charge is 0.497 e. The number of rotatable bonds is 3. The number of aromatic nitrogens is 1. The van der Waals surface area contributed by atoms with Crippen molar-refractivity contribution < 1.29 is 9.53 Å². The van der Waals surface area contributed by atoms with Crippen LogP contribution in [0.25, 0.3) is 10.9 Å². The highest BCUT2D eigenvalue weighted by atomic mass is 16.5. The van der Waals surface area contributed by atoms with Crippen LogP contribution in [-0.4, -0.2) is 18.0 Å². The zero-order valence-corrected chi connectivity index (χ0v) is 15.2. The Balaban J connectivity index is 1.99. The van der Waals surface area contributed by atoms with Crippen molar-refractivity contribution in [2.45, 2.75) is 27.7 Å². The topological polar surface area (TPSA) is 51.2 Å². The van der Waals surface area contributed by atoms with Crippen LogP contribution >= 0.6 is 0 Å². The summed E-state index contributed by atoms with van der Waals surface area (Å²) in [6, 6.07) is 11.7. The Kier molecular flexibility index (Phi) is 4.45. The summed E-state index contributed by atoms with van der Waals surface area (Å²) < 4.78 is 5.24. The van der Waals surface area contributed by atoms with Gasteiger partial charge in [0.2, 0.25) is 0 Å². The number of hydrogen-bond acceptors (Lipinski definition) is 3. The van der Waals surface area contributed by atoms with Gasteiger partial charge < -0.3 is 10.1 Å². The summed E-state index contributed by atoms with van der Waals surface area (Å²) in [6.07, 6.45) is 0. The molecule has 0 atom stereocenters. The smallest absolute Gasteiger partial charge is 0.257 e. The number of benzene rings is 2. The highest BCUT2D eigenvalue weighted by molar-refractivity contribution is 6.07. The standard InChI is InChI=1S/C21H22N2O2/c1-12-8-13(2)20(14(3)9-12)23-21(24)18-10-16-6-7-17(25-5)11-19(16)22-15(18)4/h6-11H,1-5H3,(H,23,24). The van der Waals surface area contributed by atoms with Gasteiger partial charge in [0.1, 0.15) is 5.75 Å². The molecule has 4 heteroatoms. The van der Waals surface area contributed by atoms with Crippen LogP contribution in [0.3, 0.4) is 0 Å². The zero-order valence-electron chi connectivity index (χ0n) is 15.2. The molecule has 0 saturated carbocycles. The third kappa shape index (κ3) is 3.33. The molecule has 3 rings (SSSR count). The zero-order chi connectivity index (χ0) is 18.1. The third-order valence-corrected chi connectivity index (χ3v) is 4.38. The average Bonchev–Trinajstić information content (AvgIpc) is 2.56. The Morgan fingerprint density at radius 3 is 2.32 bits per heavy atom. The fourth-order valence-corrected chi connectivity index (χ4v) is 3.16. The molecular weight excluding hydrogens is 312 g/mol. The van der Waals surface area contributed by atoms with Crippen LogP contribution in [0.5, 0.6) is 5.75 Å². The lowest BCUT2D eigenvalue weighted by Crippen LogP contribution is -2.16. The summed E-state index contributed by atoms with van der Waals surface area (Å²) >= 11 is 0. The number of hydrogen-bond donors (Lipinski definition) is 1. The monoisotopic (exact) mass is 334 g/mol. The summed E-state index contributed by atoms with van der Waals surface area (Å²) in [5, 5.41) is 3.96. The maximum atomic E-state index is 12.8. The number of pyridine rings is 1. The molecule has 1 heterocycles. The van der Waals surface area contributed by atoms with Crippen molar-refractivity contribution in [3.8, 4) is 5.75 Å². The van der Waals surface area contributed by atoms with E-state index in [1.54, 1.807) is 7.11 Å². The van der Waals surface area contributed by atoms with E-state index in [0.29, 0.717) is 11.3 Å². The molecule has 25 heavy (non-hydrogen) atoms. The maximum absolute atomic E-state index is 12.8. The van der Waals surface area contributed by atoms with Gasteiger partial charge in [-0.25, -0.2) is 0 Å². The molecule has 3 aromatic rings. The highest BCUT2D eigenvalue weighted by Crippen LogP contribution is 2.25. The van der Waals surface area contributed by atoms with Crippen molar-refractivity contribution in [2.24, 2.45) is 0 Å². The van der Waals surface area contributed by atoms with E-state index < -0.39 is 0 Å². The number of anilines is 1. The van der Waals surface area contributed by atoms with Gasteiger partial charge in [-0.1, -0.05) is 17.7 Å². The Hall–Kier alpha value is -2.88. The van der Waals surface area contributed by atoms with Crippen molar-refractivity contribution in [1.29, 1.82) is 0 Å². The lowest BCUT2D eigenvalue weighted by Gasteiger charge is -2.14. The second kappa shape index (κ2) is 6.55. The molecule has 1 aromatic heterocycles. The molecular formula is C21H22N2O2. The van der Waals surface area contributed by atoms with Crippen molar-refractivity contribution in [2.75, 3.05) is 12.4 Å². The van der Waals surface area contributed by atoms with Gasteiger partial charge in [-0.05, 0) is 57.0 Å². The van der Waals surface area contributed by atoms with Crippen molar-refractivity contribution in [3.63, 3.8) is 0 Å². The minimum atomic E-state index is -0.141. The number of nitrogens with zero attached hydrogens (tertiary/aromatic N) is 1. The van der Waals surface area contributed by atoms with Crippen LogP contribution in [0.4, 0.5) is 5.69 Å². The molecule has 1 amide bonds. The first kappa shape index (κ1) is 17.0. The van der Waals surface area contributed by atoms with Crippen molar-refractivity contribution in [3.05, 3.63) is 64.3 Å². The lowest BCUT2D eigenvalue weighted by molar-refractivity contribution is 0.102. The first-order valence-corrected chi connectivity index (χ1v) is 8.23. The summed E-state index contributed by atoms with van der Waals surface area (Å²) in [5.74, 6) is 0.611. The molecule has 0 aliphatic carbocycles. The molecule has 0 fully saturated rings. The second-order valence-corrected chi connectivity index (χ2v) is 6.41. The van der Waals surface area contributed by atoms with E-state index in [1.807, 2.05) is 45.0 Å². The molecule has 0 aliphatic rings. The van der Waals surface area contributed by atoms with Crippen LogP contribution in [0.1, 0.15) is 32.7 Å². The number of aryl methyl sites for hydroxylation is 4. The van der Waals surface area contributed by atoms with Gasteiger partial charge in [-0.15, -0.1) is 0 Å². The second-order valence-electron chi connectivity index (χ2n) is 6.41. The molecule has 4 nitrogen and oxygen atoms in total. The number of methoxy groups -OCH3 is 1.